The summed E-state index contributed by atoms with van der Waals surface area (Å²) in [5.74, 6) is -1.68. The molecule has 31 heavy (non-hydrogen) atoms. The third-order valence-corrected chi connectivity index (χ3v) is 4.96. The predicted octanol–water partition coefficient (Wildman–Crippen LogP) is 3.43. The van der Waals surface area contributed by atoms with Crippen molar-refractivity contribution in [1.29, 1.82) is 0 Å². The molecule has 0 bridgehead atoms. The van der Waals surface area contributed by atoms with Crippen molar-refractivity contribution in [3.8, 4) is 11.5 Å². The van der Waals surface area contributed by atoms with E-state index in [9.17, 15) is 19.7 Å². The Morgan fingerprint density at radius 3 is 2.42 bits per heavy atom. The van der Waals surface area contributed by atoms with Gasteiger partial charge in [0.2, 0.25) is 6.54 Å². The number of esters is 2. The maximum Gasteiger partial charge on any atom is 0.335 e. The molecule has 1 aliphatic rings. The van der Waals surface area contributed by atoms with Crippen LogP contribution in [-0.4, -0.2) is 49.8 Å². The average Bonchev–Trinajstić information content (AvgIpc) is 3.24. The molecule has 1 aliphatic carbocycles. The van der Waals surface area contributed by atoms with Crippen LogP contribution in [0.15, 0.2) is 29.8 Å². The van der Waals surface area contributed by atoms with E-state index < -0.39 is 29.3 Å². The molecule has 0 radical (unpaired) electrons. The van der Waals surface area contributed by atoms with Crippen molar-refractivity contribution in [3.05, 3.63) is 45.5 Å². The first-order valence-corrected chi connectivity index (χ1v) is 10.4. The van der Waals surface area contributed by atoms with Gasteiger partial charge in [-0.2, -0.15) is 0 Å². The molecule has 0 unspecified atom stereocenters. The van der Waals surface area contributed by atoms with Crippen LogP contribution in [0.5, 0.6) is 11.5 Å². The summed E-state index contributed by atoms with van der Waals surface area (Å²) in [6, 6.07) is 4.88. The smallest absolute Gasteiger partial charge is 0.335 e. The molecule has 1 aromatic rings. The monoisotopic (exact) mass is 435 g/mol. The van der Waals surface area contributed by atoms with Gasteiger partial charge >= 0.3 is 11.9 Å². The molecule has 9 nitrogen and oxygen atoms in total. The van der Waals surface area contributed by atoms with Crippen molar-refractivity contribution in [3.63, 3.8) is 0 Å². The first-order valence-electron chi connectivity index (χ1n) is 10.4. The lowest BCUT2D eigenvalue weighted by atomic mass is 9.90. The van der Waals surface area contributed by atoms with Gasteiger partial charge in [0.05, 0.1) is 37.9 Å². The lowest BCUT2D eigenvalue weighted by molar-refractivity contribution is -0.481. The number of ether oxygens (including phenoxy) is 4. The van der Waals surface area contributed by atoms with E-state index in [4.69, 9.17) is 18.9 Å². The fraction of sp³-hybridized carbons (Fsp3) is 0.545. The third-order valence-electron chi connectivity index (χ3n) is 4.96. The molecule has 0 amide bonds. The van der Waals surface area contributed by atoms with Crippen molar-refractivity contribution in [2.45, 2.75) is 51.6 Å². The van der Waals surface area contributed by atoms with E-state index in [1.807, 2.05) is 0 Å². The number of benzene rings is 1. The van der Waals surface area contributed by atoms with Crippen LogP contribution in [0.25, 0.3) is 0 Å². The molecule has 0 N–H and O–H groups in total. The molecule has 0 spiro atoms. The molecule has 170 valence electrons. The molecule has 0 aliphatic heterocycles. The van der Waals surface area contributed by atoms with Crippen LogP contribution >= 0.6 is 0 Å². The largest absolute Gasteiger partial charge is 0.493 e. The van der Waals surface area contributed by atoms with Gasteiger partial charge < -0.3 is 18.9 Å². The van der Waals surface area contributed by atoms with Crippen LogP contribution in [0.2, 0.25) is 0 Å². The molecule has 0 aromatic heterocycles. The number of carbonyl (C=O) groups excluding carboxylic acids is 2. The predicted molar refractivity (Wildman–Crippen MR) is 112 cm³/mol. The van der Waals surface area contributed by atoms with Crippen molar-refractivity contribution in [1.82, 2.24) is 0 Å². The molecule has 9 heteroatoms. The Balaban J connectivity index is 2.49. The number of nitro groups is 1. The van der Waals surface area contributed by atoms with Crippen LogP contribution in [0, 0.1) is 10.1 Å². The standard InChI is InChI=1S/C22H29NO8/c1-4-29-21(24)13-17(22(25)30-5-2)18(14-23(26)27)15-10-11-19(28-3)20(12-15)31-16-8-6-7-9-16/h10-13,16,18H,4-9,14H2,1-3H3/b17-13-/t18-/m1/s1. The number of hydrogen-bond acceptors (Lipinski definition) is 8. The Hall–Kier alpha value is -3.10. The average molecular weight is 435 g/mol. The first-order chi connectivity index (χ1) is 14.9. The quantitative estimate of drug-likeness (QED) is 0.225. The fourth-order valence-electron chi connectivity index (χ4n) is 3.55. The second-order valence-corrected chi connectivity index (χ2v) is 7.07. The van der Waals surface area contributed by atoms with Crippen LogP contribution in [0.4, 0.5) is 0 Å². The highest BCUT2D eigenvalue weighted by Gasteiger charge is 2.31. The van der Waals surface area contributed by atoms with Gasteiger partial charge in [-0.1, -0.05) is 6.07 Å². The summed E-state index contributed by atoms with van der Waals surface area (Å²) in [5.41, 5.74) is 0.295. The summed E-state index contributed by atoms with van der Waals surface area (Å²) in [6.07, 6.45) is 5.00. The topological polar surface area (TPSA) is 114 Å². The van der Waals surface area contributed by atoms with Crippen LogP contribution in [-0.2, 0) is 19.1 Å². The highest BCUT2D eigenvalue weighted by molar-refractivity contribution is 5.97. The van der Waals surface area contributed by atoms with E-state index >= 15 is 0 Å². The van der Waals surface area contributed by atoms with Crippen molar-refractivity contribution in [2.75, 3.05) is 26.9 Å². The number of hydrogen-bond donors (Lipinski definition) is 0. The zero-order valence-electron chi connectivity index (χ0n) is 18.1. The summed E-state index contributed by atoms with van der Waals surface area (Å²) in [5, 5.41) is 11.4. The Kier molecular flexibility index (Phi) is 9.30. The third kappa shape index (κ3) is 6.97. The molecular formula is C22H29NO8. The van der Waals surface area contributed by atoms with Gasteiger partial charge in [-0.3, -0.25) is 10.1 Å². The van der Waals surface area contributed by atoms with Gasteiger partial charge in [0.25, 0.3) is 0 Å². The Morgan fingerprint density at radius 1 is 1.16 bits per heavy atom. The maximum atomic E-state index is 12.6. The lowest BCUT2D eigenvalue weighted by Gasteiger charge is -2.20. The lowest BCUT2D eigenvalue weighted by Crippen LogP contribution is -2.23. The first kappa shape index (κ1) is 24.2. The second-order valence-electron chi connectivity index (χ2n) is 7.07. The van der Waals surface area contributed by atoms with Gasteiger partial charge in [-0.15, -0.1) is 0 Å². The molecule has 1 fully saturated rings. The molecule has 1 atom stereocenters. The molecule has 0 saturated heterocycles. The highest BCUT2D eigenvalue weighted by atomic mass is 16.6. The minimum absolute atomic E-state index is 0.0396. The summed E-state index contributed by atoms with van der Waals surface area (Å²) in [7, 11) is 1.51. The van der Waals surface area contributed by atoms with Gasteiger partial charge in [0.15, 0.2) is 11.5 Å². The molecular weight excluding hydrogens is 406 g/mol. The van der Waals surface area contributed by atoms with E-state index in [0.29, 0.717) is 17.1 Å². The van der Waals surface area contributed by atoms with Crippen LogP contribution in [0.1, 0.15) is 51.0 Å². The minimum atomic E-state index is -1.03. The maximum absolute atomic E-state index is 12.6. The SMILES string of the molecule is CCOC(=O)/C=C(\C(=O)OCC)[C@H](C[N+](=O)[O-])c1ccc(OC)c(OC2CCCC2)c1. The van der Waals surface area contributed by atoms with Gasteiger partial charge in [-0.25, -0.2) is 9.59 Å². The molecule has 2 rings (SSSR count). The molecule has 1 aromatic carbocycles. The minimum Gasteiger partial charge on any atom is -0.493 e. The Labute approximate surface area is 181 Å². The Bertz CT molecular complexity index is 814. The number of nitrogens with zero attached hydrogens (tertiary/aromatic N) is 1. The van der Waals surface area contributed by atoms with Crippen molar-refractivity contribution >= 4 is 11.9 Å². The second kappa shape index (κ2) is 11.9. The number of methoxy groups -OCH3 is 1. The van der Waals surface area contributed by atoms with E-state index in [-0.39, 0.29) is 24.9 Å². The normalized spacial score (nSPS) is 15.3. The molecule has 1 saturated carbocycles. The van der Waals surface area contributed by atoms with Gasteiger partial charge in [0.1, 0.15) is 0 Å². The molecule has 0 heterocycles. The van der Waals surface area contributed by atoms with Crippen molar-refractivity contribution < 1.29 is 33.5 Å². The fourth-order valence-corrected chi connectivity index (χ4v) is 3.55. The van der Waals surface area contributed by atoms with Gasteiger partial charge in [0, 0.05) is 11.0 Å². The van der Waals surface area contributed by atoms with Crippen LogP contribution < -0.4 is 9.47 Å². The van der Waals surface area contributed by atoms with E-state index in [1.165, 1.54) is 7.11 Å². The highest BCUT2D eigenvalue weighted by Crippen LogP contribution is 2.36. The number of carbonyl (C=O) groups is 2. The van der Waals surface area contributed by atoms with E-state index in [1.54, 1.807) is 32.0 Å². The summed E-state index contributed by atoms with van der Waals surface area (Å²) in [4.78, 5) is 35.5. The van der Waals surface area contributed by atoms with E-state index in [0.717, 1.165) is 31.8 Å². The van der Waals surface area contributed by atoms with Crippen LogP contribution in [0.3, 0.4) is 0 Å². The summed E-state index contributed by atoms with van der Waals surface area (Å²) in [6.45, 7) is 2.79. The number of rotatable bonds is 11. The summed E-state index contributed by atoms with van der Waals surface area (Å²) < 4.78 is 21.4. The summed E-state index contributed by atoms with van der Waals surface area (Å²) >= 11 is 0. The zero-order valence-corrected chi connectivity index (χ0v) is 18.1. The van der Waals surface area contributed by atoms with Gasteiger partial charge in [-0.05, 0) is 57.2 Å². The van der Waals surface area contributed by atoms with Crippen molar-refractivity contribution in [2.24, 2.45) is 0 Å². The van der Waals surface area contributed by atoms with E-state index in [2.05, 4.69) is 0 Å². The Morgan fingerprint density at radius 2 is 1.84 bits per heavy atom. The zero-order chi connectivity index (χ0) is 22.8.